The van der Waals surface area contributed by atoms with Crippen molar-refractivity contribution < 1.29 is 18.6 Å². The lowest BCUT2D eigenvalue weighted by molar-refractivity contribution is 0.00578. The van der Waals surface area contributed by atoms with Crippen molar-refractivity contribution in [2.24, 2.45) is 0 Å². The second-order valence-electron chi connectivity index (χ2n) is 15.4. The Kier molecular flexibility index (Phi) is 7.17. The van der Waals surface area contributed by atoms with Crippen molar-refractivity contribution in [3.63, 3.8) is 0 Å². The fourth-order valence-corrected chi connectivity index (χ4v) is 6.87. The zero-order chi connectivity index (χ0) is 31.1. The molecular weight excluding hydrogens is 544 g/mol. The van der Waals surface area contributed by atoms with E-state index in [-0.39, 0.29) is 48.7 Å². The van der Waals surface area contributed by atoms with Crippen LogP contribution in [0.2, 0.25) is 0 Å². The van der Waals surface area contributed by atoms with Crippen LogP contribution in [0.5, 0.6) is 0 Å². The zero-order valence-corrected chi connectivity index (χ0v) is 27.7. The van der Waals surface area contributed by atoms with Gasteiger partial charge in [-0.2, -0.15) is 0 Å². The first-order valence-corrected chi connectivity index (χ1v) is 16.5. The molecule has 5 nitrogen and oxygen atoms in total. The average molecular weight is 591 g/mol. The minimum Gasteiger partial charge on any atom is -0.399 e. The smallest absolute Gasteiger partial charge is 0.399 e. The lowest BCUT2D eigenvalue weighted by atomic mass is 9.78. The van der Waals surface area contributed by atoms with E-state index in [1.165, 1.54) is 35.2 Å². The van der Waals surface area contributed by atoms with Crippen molar-refractivity contribution in [1.29, 1.82) is 0 Å². The molecule has 3 aromatic carbocycles. The second-order valence-corrected chi connectivity index (χ2v) is 15.4. The molecule has 2 atom stereocenters. The number of hydrogen-bond acceptors (Lipinski definition) is 5. The van der Waals surface area contributed by atoms with Gasteiger partial charge in [-0.1, -0.05) is 60.7 Å². The Morgan fingerprint density at radius 1 is 0.477 bits per heavy atom. The first-order chi connectivity index (χ1) is 20.7. The molecule has 1 saturated carbocycles. The Morgan fingerprint density at radius 3 is 1.16 bits per heavy atom. The van der Waals surface area contributed by atoms with Crippen molar-refractivity contribution >= 4 is 30.8 Å². The number of nitrogens with zero attached hydrogens (tertiary/aromatic N) is 1. The van der Waals surface area contributed by atoms with Crippen molar-refractivity contribution in [3.05, 3.63) is 89.5 Å². The molecule has 0 N–H and O–H groups in total. The Bertz CT molecular complexity index is 1380. The van der Waals surface area contributed by atoms with Gasteiger partial charge in [-0.05, 0) is 127 Å². The molecule has 7 rings (SSSR count). The predicted molar refractivity (Wildman–Crippen MR) is 180 cm³/mol. The lowest BCUT2D eigenvalue weighted by Gasteiger charge is -2.33. The number of benzene rings is 3. The van der Waals surface area contributed by atoms with E-state index in [4.69, 9.17) is 18.6 Å². The van der Waals surface area contributed by atoms with E-state index in [1.54, 1.807) is 0 Å². The maximum absolute atomic E-state index is 6.34. The first-order valence-electron chi connectivity index (χ1n) is 16.5. The summed E-state index contributed by atoms with van der Waals surface area (Å²) in [6.45, 7) is 16.8. The van der Waals surface area contributed by atoms with Gasteiger partial charge in [0.1, 0.15) is 0 Å². The number of anilines is 1. The highest BCUT2D eigenvalue weighted by Crippen LogP contribution is 2.48. The van der Waals surface area contributed by atoms with Gasteiger partial charge in [0.25, 0.3) is 0 Å². The van der Waals surface area contributed by atoms with Crippen LogP contribution >= 0.6 is 0 Å². The van der Waals surface area contributed by atoms with Crippen LogP contribution in [0, 0.1) is 0 Å². The maximum Gasteiger partial charge on any atom is 0.494 e. The van der Waals surface area contributed by atoms with Crippen molar-refractivity contribution in [2.75, 3.05) is 4.90 Å². The molecule has 3 saturated heterocycles. The Balaban J connectivity index is 1.16. The highest BCUT2D eigenvalue weighted by Gasteiger charge is 2.53. The SMILES string of the molecule is CC1(C)OB(c2ccc(C3CCC(c4ccc(B5OC(C)(C)C(C)(C)O5)cc4)N3c3ccc(C4CC4)cc3)cc2)OC1(C)C. The molecule has 44 heavy (non-hydrogen) atoms. The van der Waals surface area contributed by atoms with E-state index in [2.05, 4.69) is 133 Å². The van der Waals surface area contributed by atoms with Crippen LogP contribution in [-0.4, -0.2) is 36.6 Å². The molecule has 0 spiro atoms. The van der Waals surface area contributed by atoms with Gasteiger partial charge in [0, 0.05) is 5.69 Å². The quantitative estimate of drug-likeness (QED) is 0.283. The molecule has 0 radical (unpaired) electrons. The van der Waals surface area contributed by atoms with Gasteiger partial charge in [0.2, 0.25) is 0 Å². The summed E-state index contributed by atoms with van der Waals surface area (Å²) >= 11 is 0. The molecule has 3 aliphatic heterocycles. The van der Waals surface area contributed by atoms with Crippen LogP contribution in [-0.2, 0) is 18.6 Å². The van der Waals surface area contributed by atoms with E-state index in [9.17, 15) is 0 Å². The summed E-state index contributed by atoms with van der Waals surface area (Å²) in [4.78, 5) is 2.64. The molecule has 7 heteroatoms. The molecule has 4 aliphatic rings. The molecule has 230 valence electrons. The zero-order valence-electron chi connectivity index (χ0n) is 27.7. The fourth-order valence-electron chi connectivity index (χ4n) is 6.87. The van der Waals surface area contributed by atoms with Crippen molar-refractivity contribution in [2.45, 2.75) is 121 Å². The summed E-state index contributed by atoms with van der Waals surface area (Å²) in [7, 11) is -0.696. The Morgan fingerprint density at radius 2 is 0.818 bits per heavy atom. The van der Waals surface area contributed by atoms with Gasteiger partial charge >= 0.3 is 14.2 Å². The van der Waals surface area contributed by atoms with Crippen LogP contribution in [0.3, 0.4) is 0 Å². The van der Waals surface area contributed by atoms with E-state index < -0.39 is 0 Å². The van der Waals surface area contributed by atoms with Gasteiger partial charge in [0.05, 0.1) is 34.5 Å². The van der Waals surface area contributed by atoms with Crippen LogP contribution < -0.4 is 15.8 Å². The topological polar surface area (TPSA) is 40.2 Å². The fraction of sp³-hybridized carbons (Fsp3) is 0.514. The number of hydrogen-bond donors (Lipinski definition) is 0. The lowest BCUT2D eigenvalue weighted by Crippen LogP contribution is -2.41. The highest BCUT2D eigenvalue weighted by atomic mass is 16.7. The van der Waals surface area contributed by atoms with Gasteiger partial charge in [-0.25, -0.2) is 0 Å². The van der Waals surface area contributed by atoms with Crippen molar-refractivity contribution in [3.8, 4) is 0 Å². The normalized spacial score (nSPS) is 26.9. The summed E-state index contributed by atoms with van der Waals surface area (Å²) in [6.07, 6.45) is 4.81. The van der Waals surface area contributed by atoms with Gasteiger partial charge in [0.15, 0.2) is 0 Å². The molecule has 4 fully saturated rings. The third-order valence-electron chi connectivity index (χ3n) is 11.3. The van der Waals surface area contributed by atoms with Crippen molar-refractivity contribution in [1.82, 2.24) is 0 Å². The van der Waals surface area contributed by atoms with Gasteiger partial charge in [-0.15, -0.1) is 0 Å². The molecule has 0 aromatic heterocycles. The van der Waals surface area contributed by atoms with E-state index in [1.807, 2.05) is 0 Å². The molecule has 1 aliphatic carbocycles. The van der Waals surface area contributed by atoms with Crippen LogP contribution in [0.1, 0.15) is 116 Å². The predicted octanol–water partition coefficient (Wildman–Crippen LogP) is 7.25. The largest absolute Gasteiger partial charge is 0.494 e. The van der Waals surface area contributed by atoms with Crippen LogP contribution in [0.15, 0.2) is 72.8 Å². The first kappa shape index (κ1) is 30.1. The third-order valence-corrected chi connectivity index (χ3v) is 11.3. The minimum atomic E-state index is -0.351. The Hall–Kier alpha value is -2.57. The molecule has 0 amide bonds. The maximum atomic E-state index is 6.34. The summed E-state index contributed by atoms with van der Waals surface area (Å²) in [5.74, 6) is 0.749. The second kappa shape index (κ2) is 10.5. The number of rotatable bonds is 6. The summed E-state index contributed by atoms with van der Waals surface area (Å²) in [6, 6.07) is 27.8. The highest BCUT2D eigenvalue weighted by molar-refractivity contribution is 6.62. The van der Waals surface area contributed by atoms with Gasteiger partial charge in [-0.3, -0.25) is 0 Å². The Labute approximate surface area is 264 Å². The standard InChI is InChI=1S/C37H47B2NO4/c1-34(2)35(3,4)42-38(41-34)29-17-11-27(12-18-29)32-23-24-33(40(32)31-21-15-26(16-22-31)25-9-10-25)28-13-19-30(20-14-28)39-43-36(5,6)37(7,8)44-39/h11-22,25,32-33H,9-10,23-24H2,1-8H3. The van der Waals surface area contributed by atoms with Gasteiger partial charge < -0.3 is 23.5 Å². The average Bonchev–Trinajstić information content (AvgIpc) is 3.63. The molecule has 0 bridgehead atoms. The van der Waals surface area contributed by atoms with Crippen LogP contribution in [0.25, 0.3) is 0 Å². The van der Waals surface area contributed by atoms with Crippen LogP contribution in [0.4, 0.5) is 5.69 Å². The van der Waals surface area contributed by atoms with E-state index in [0.29, 0.717) is 0 Å². The monoisotopic (exact) mass is 591 g/mol. The van der Waals surface area contributed by atoms with E-state index in [0.717, 1.165) is 29.7 Å². The molecule has 3 aromatic rings. The van der Waals surface area contributed by atoms with E-state index >= 15 is 0 Å². The summed E-state index contributed by atoms with van der Waals surface area (Å²) in [5, 5.41) is 0. The molecule has 3 heterocycles. The summed E-state index contributed by atoms with van der Waals surface area (Å²) in [5.41, 5.74) is 6.15. The summed E-state index contributed by atoms with van der Waals surface area (Å²) < 4.78 is 25.3. The molecule has 2 unspecified atom stereocenters. The third kappa shape index (κ3) is 5.24. The minimum absolute atomic E-state index is 0.280. The molecular formula is C37H47B2NO4.